The standard InChI is InChI=1S/C19H44O6Si4/c1-16(20)22-19-15-17(11-12-18(19)21)13-14-29(23-26(2,3)4,24-27(5,6)7)25-28(8,9)10/h17-19,21H,11-15H2,1-10H3. The Morgan fingerprint density at radius 2 is 1.31 bits per heavy atom. The first-order chi connectivity index (χ1) is 12.9. The molecule has 1 saturated carbocycles. The molecule has 0 radical (unpaired) electrons. The molecule has 6 nitrogen and oxygen atoms in total. The van der Waals surface area contributed by atoms with Crippen molar-refractivity contribution in [1.82, 2.24) is 0 Å². The third-order valence-corrected chi connectivity index (χ3v) is 16.4. The van der Waals surface area contributed by atoms with Crippen molar-refractivity contribution in [3.8, 4) is 0 Å². The maximum Gasteiger partial charge on any atom is 0.469 e. The second kappa shape index (κ2) is 10.2. The molecule has 0 spiro atoms. The molecule has 10 heteroatoms. The third kappa shape index (κ3) is 11.4. The van der Waals surface area contributed by atoms with E-state index in [2.05, 4.69) is 58.9 Å². The summed E-state index contributed by atoms with van der Waals surface area (Å²) >= 11 is 0. The van der Waals surface area contributed by atoms with Crippen LogP contribution in [0.5, 0.6) is 0 Å². The fraction of sp³-hybridized carbons (Fsp3) is 0.947. The van der Waals surface area contributed by atoms with Crippen molar-refractivity contribution in [3.63, 3.8) is 0 Å². The van der Waals surface area contributed by atoms with E-state index in [0.717, 1.165) is 18.9 Å². The van der Waals surface area contributed by atoms with Crippen LogP contribution in [0.15, 0.2) is 0 Å². The van der Waals surface area contributed by atoms with E-state index in [9.17, 15) is 9.90 Å². The number of carbonyl (C=O) groups is 1. The molecule has 29 heavy (non-hydrogen) atoms. The molecule has 0 aromatic carbocycles. The highest BCUT2D eigenvalue weighted by molar-refractivity contribution is 6.90. The topological polar surface area (TPSA) is 74.2 Å². The van der Waals surface area contributed by atoms with Gasteiger partial charge in [0.2, 0.25) is 0 Å². The van der Waals surface area contributed by atoms with E-state index in [1.54, 1.807) is 0 Å². The number of ether oxygens (including phenoxy) is 1. The van der Waals surface area contributed by atoms with Gasteiger partial charge >= 0.3 is 14.8 Å². The lowest BCUT2D eigenvalue weighted by atomic mass is 9.84. The van der Waals surface area contributed by atoms with Gasteiger partial charge in [-0.1, -0.05) is 0 Å². The highest BCUT2D eigenvalue weighted by Crippen LogP contribution is 2.35. The van der Waals surface area contributed by atoms with Gasteiger partial charge in [0.05, 0.1) is 6.10 Å². The van der Waals surface area contributed by atoms with E-state index in [4.69, 9.17) is 17.1 Å². The van der Waals surface area contributed by atoms with E-state index in [0.29, 0.717) is 18.8 Å². The Morgan fingerprint density at radius 3 is 1.69 bits per heavy atom. The fourth-order valence-corrected chi connectivity index (χ4v) is 18.6. The number of aliphatic hydroxyl groups excluding tert-OH is 1. The van der Waals surface area contributed by atoms with Gasteiger partial charge in [0.15, 0.2) is 25.0 Å². The highest BCUT2D eigenvalue weighted by atomic mass is 28.5. The second-order valence-corrected chi connectivity index (χ2v) is 28.2. The molecular weight excluding hydrogens is 437 g/mol. The van der Waals surface area contributed by atoms with E-state index >= 15 is 0 Å². The van der Waals surface area contributed by atoms with E-state index in [1.807, 2.05) is 0 Å². The summed E-state index contributed by atoms with van der Waals surface area (Å²) in [6.07, 6.45) is 2.23. The minimum Gasteiger partial charge on any atom is -0.460 e. The van der Waals surface area contributed by atoms with Crippen LogP contribution < -0.4 is 0 Å². The van der Waals surface area contributed by atoms with Crippen LogP contribution in [-0.2, 0) is 21.9 Å². The number of esters is 1. The molecule has 0 saturated heterocycles. The zero-order valence-corrected chi connectivity index (χ0v) is 24.3. The van der Waals surface area contributed by atoms with Crippen LogP contribution in [0.1, 0.15) is 32.6 Å². The molecule has 3 atom stereocenters. The zero-order chi connectivity index (χ0) is 22.7. The van der Waals surface area contributed by atoms with E-state index < -0.39 is 46.0 Å². The third-order valence-electron chi connectivity index (χ3n) is 4.43. The van der Waals surface area contributed by atoms with E-state index in [1.165, 1.54) is 6.92 Å². The van der Waals surface area contributed by atoms with Crippen LogP contribution in [0.4, 0.5) is 0 Å². The van der Waals surface area contributed by atoms with Gasteiger partial charge in [0.1, 0.15) is 6.10 Å². The largest absolute Gasteiger partial charge is 0.469 e. The Morgan fingerprint density at radius 1 is 0.862 bits per heavy atom. The van der Waals surface area contributed by atoms with Gasteiger partial charge < -0.3 is 22.2 Å². The van der Waals surface area contributed by atoms with Gasteiger partial charge in [0.25, 0.3) is 0 Å². The van der Waals surface area contributed by atoms with Crippen molar-refractivity contribution in [2.75, 3.05) is 0 Å². The number of carbonyl (C=O) groups excluding carboxylic acids is 1. The molecule has 172 valence electrons. The molecule has 0 heterocycles. The summed E-state index contributed by atoms with van der Waals surface area (Å²) < 4.78 is 25.6. The first kappa shape index (κ1) is 27.2. The molecule has 1 aliphatic rings. The van der Waals surface area contributed by atoms with Crippen molar-refractivity contribution in [2.45, 2.75) is 110 Å². The smallest absolute Gasteiger partial charge is 0.460 e. The highest BCUT2D eigenvalue weighted by Gasteiger charge is 2.50. The van der Waals surface area contributed by atoms with Gasteiger partial charge in [-0.2, -0.15) is 0 Å². The van der Waals surface area contributed by atoms with Gasteiger partial charge in [-0.25, -0.2) is 0 Å². The minimum absolute atomic E-state index is 0.329. The number of hydrogen-bond acceptors (Lipinski definition) is 6. The number of hydrogen-bond donors (Lipinski definition) is 1. The summed E-state index contributed by atoms with van der Waals surface area (Å²) in [5, 5.41) is 10.2. The molecule has 1 aliphatic carbocycles. The van der Waals surface area contributed by atoms with E-state index in [-0.39, 0.29) is 5.97 Å². The van der Waals surface area contributed by atoms with Gasteiger partial charge in [-0.15, -0.1) is 0 Å². The molecule has 0 amide bonds. The van der Waals surface area contributed by atoms with Gasteiger partial charge in [-0.05, 0) is 90.5 Å². The van der Waals surface area contributed by atoms with Crippen LogP contribution in [0, 0.1) is 5.92 Å². The summed E-state index contributed by atoms with van der Waals surface area (Å²) in [5.41, 5.74) is 0. The average Bonchev–Trinajstić information content (AvgIpc) is 2.42. The van der Waals surface area contributed by atoms with Crippen LogP contribution in [-0.4, -0.2) is 57.0 Å². The van der Waals surface area contributed by atoms with Gasteiger partial charge in [-0.3, -0.25) is 4.79 Å². The molecule has 1 rings (SSSR count). The quantitative estimate of drug-likeness (QED) is 0.352. The summed E-state index contributed by atoms with van der Waals surface area (Å²) in [6.45, 7) is 21.2. The monoisotopic (exact) mass is 480 g/mol. The maximum atomic E-state index is 11.4. The average molecular weight is 481 g/mol. The molecule has 3 unspecified atom stereocenters. The van der Waals surface area contributed by atoms with Crippen LogP contribution in [0.2, 0.25) is 65.0 Å². The lowest BCUT2D eigenvalue weighted by Gasteiger charge is -2.43. The molecule has 0 aromatic heterocycles. The fourth-order valence-electron chi connectivity index (χ4n) is 3.79. The first-order valence-electron chi connectivity index (χ1n) is 10.9. The summed E-state index contributed by atoms with van der Waals surface area (Å²) in [7, 11) is -8.48. The second-order valence-electron chi connectivity index (χ2n) is 11.3. The van der Waals surface area contributed by atoms with Crippen molar-refractivity contribution in [2.24, 2.45) is 5.92 Å². The van der Waals surface area contributed by atoms with Gasteiger partial charge in [0, 0.05) is 13.0 Å². The predicted molar refractivity (Wildman–Crippen MR) is 127 cm³/mol. The first-order valence-corrected chi connectivity index (χ1v) is 23.0. The predicted octanol–water partition coefficient (Wildman–Crippen LogP) is 4.96. The zero-order valence-electron chi connectivity index (χ0n) is 20.3. The van der Waals surface area contributed by atoms with Crippen LogP contribution >= 0.6 is 0 Å². The number of aliphatic hydroxyl groups is 1. The summed E-state index contributed by atoms with van der Waals surface area (Å²) in [5.74, 6) is 0.0416. The van der Waals surface area contributed by atoms with Crippen molar-refractivity contribution in [1.29, 1.82) is 0 Å². The molecular formula is C19H44O6Si4. The lowest BCUT2D eigenvalue weighted by molar-refractivity contribution is -0.156. The Hall–Kier alpha value is 0.178. The summed E-state index contributed by atoms with van der Waals surface area (Å²) in [4.78, 5) is 11.4. The van der Waals surface area contributed by atoms with Crippen LogP contribution in [0.25, 0.3) is 0 Å². The number of rotatable bonds is 10. The molecule has 0 bridgehead atoms. The molecule has 0 aromatic rings. The van der Waals surface area contributed by atoms with Crippen molar-refractivity contribution in [3.05, 3.63) is 0 Å². The minimum atomic E-state index is -2.84. The SMILES string of the molecule is CC(=O)OC1CC(CC[Si](O[Si](C)(C)C)(O[Si](C)(C)C)O[Si](C)(C)C)CCC1O. The lowest BCUT2D eigenvalue weighted by Crippen LogP contribution is -2.60. The van der Waals surface area contributed by atoms with Crippen molar-refractivity contribution >= 4 is 39.7 Å². The maximum absolute atomic E-state index is 11.4. The Kier molecular flexibility index (Phi) is 9.57. The Labute approximate surface area is 182 Å². The van der Waals surface area contributed by atoms with Crippen LogP contribution in [0.3, 0.4) is 0 Å². The Bertz CT molecular complexity index is 497. The molecule has 1 N–H and O–H groups in total. The Balaban J connectivity index is 3.01. The molecule has 1 fully saturated rings. The summed E-state index contributed by atoms with van der Waals surface area (Å²) in [6, 6.07) is 0.791. The normalized spacial score (nSPS) is 24.4. The van der Waals surface area contributed by atoms with Crippen molar-refractivity contribution < 1.29 is 27.0 Å². The molecule has 0 aliphatic heterocycles.